The first-order valence-corrected chi connectivity index (χ1v) is 7.51. The lowest BCUT2D eigenvalue weighted by molar-refractivity contribution is 0.0620. The van der Waals surface area contributed by atoms with E-state index in [2.05, 4.69) is 31.1 Å². The van der Waals surface area contributed by atoms with Crippen molar-refractivity contribution in [1.29, 1.82) is 0 Å². The van der Waals surface area contributed by atoms with Crippen molar-refractivity contribution in [2.45, 2.75) is 52.6 Å². The Balaban J connectivity index is 1.69. The van der Waals surface area contributed by atoms with E-state index in [1.54, 1.807) is 0 Å². The Hall–Kier alpha value is -0.900. The molecule has 19 heavy (non-hydrogen) atoms. The molecule has 2 aliphatic carbocycles. The summed E-state index contributed by atoms with van der Waals surface area (Å²) in [6.07, 6.45) is 5.04. The van der Waals surface area contributed by atoms with E-state index in [1.165, 1.54) is 24.2 Å². The van der Waals surface area contributed by atoms with Gasteiger partial charge in [-0.1, -0.05) is 12.1 Å². The third-order valence-electron chi connectivity index (χ3n) is 5.30. The number of nitrogens with zero attached hydrogens (tertiary/aromatic N) is 3. The molecule has 0 spiro atoms. The molecule has 1 fully saturated rings. The number of hydrogen-bond donors (Lipinski definition) is 0. The highest BCUT2D eigenvalue weighted by Crippen LogP contribution is 2.63. The minimum atomic E-state index is 0.346. The number of aryl methyl sites for hydroxylation is 2. The van der Waals surface area contributed by atoms with Crippen molar-refractivity contribution >= 4 is 0 Å². The molecule has 0 saturated heterocycles. The van der Waals surface area contributed by atoms with Crippen LogP contribution >= 0.6 is 0 Å². The van der Waals surface area contributed by atoms with Crippen molar-refractivity contribution in [3.8, 4) is 0 Å². The van der Waals surface area contributed by atoms with Gasteiger partial charge in [0.25, 0.3) is 0 Å². The molecule has 0 N–H and O–H groups in total. The number of aromatic nitrogens is 3. The predicted molar refractivity (Wildman–Crippen MR) is 73.8 cm³/mol. The van der Waals surface area contributed by atoms with Crippen molar-refractivity contribution in [2.24, 2.45) is 24.3 Å². The second-order valence-electron chi connectivity index (χ2n) is 6.75. The summed E-state index contributed by atoms with van der Waals surface area (Å²) in [4.78, 5) is 0. The summed E-state index contributed by atoms with van der Waals surface area (Å²) >= 11 is 0. The predicted octanol–water partition coefficient (Wildman–Crippen LogP) is 2.37. The maximum atomic E-state index is 5.85. The molecule has 0 bridgehead atoms. The van der Waals surface area contributed by atoms with E-state index < -0.39 is 0 Å². The molecule has 1 heterocycles. The van der Waals surface area contributed by atoms with E-state index in [-0.39, 0.29) is 0 Å². The van der Waals surface area contributed by atoms with Gasteiger partial charge in [-0.25, -0.2) is 0 Å². The Kier molecular flexibility index (Phi) is 3.16. The van der Waals surface area contributed by atoms with Crippen LogP contribution in [0.3, 0.4) is 0 Å². The molecule has 0 aliphatic heterocycles. The second-order valence-corrected chi connectivity index (χ2v) is 6.75. The molecule has 2 aliphatic rings. The molecular weight excluding hydrogens is 238 g/mol. The number of hydrogen-bond acceptors (Lipinski definition) is 3. The maximum absolute atomic E-state index is 5.85. The topological polar surface area (TPSA) is 39.9 Å². The fourth-order valence-electron chi connectivity index (χ4n) is 3.87. The third-order valence-corrected chi connectivity index (χ3v) is 5.30. The quantitative estimate of drug-likeness (QED) is 0.840. The van der Waals surface area contributed by atoms with Crippen LogP contribution in [0.1, 0.15) is 45.0 Å². The van der Waals surface area contributed by atoms with Crippen molar-refractivity contribution in [2.75, 3.05) is 6.61 Å². The fraction of sp³-hybridized carbons (Fsp3) is 0.867. The first-order chi connectivity index (χ1) is 9.02. The van der Waals surface area contributed by atoms with Crippen LogP contribution in [-0.2, 0) is 24.6 Å². The Morgan fingerprint density at radius 3 is 2.95 bits per heavy atom. The van der Waals surface area contributed by atoms with E-state index >= 15 is 0 Å². The summed E-state index contributed by atoms with van der Waals surface area (Å²) in [5.74, 6) is 1.58. The Morgan fingerprint density at radius 1 is 1.42 bits per heavy atom. The van der Waals surface area contributed by atoms with Crippen LogP contribution in [0.25, 0.3) is 0 Å². The summed E-state index contributed by atoms with van der Waals surface area (Å²) in [7, 11) is 2.01. The average molecular weight is 263 g/mol. The van der Waals surface area contributed by atoms with Crippen LogP contribution in [0, 0.1) is 17.3 Å². The zero-order chi connectivity index (χ0) is 13.6. The Morgan fingerprint density at radius 2 is 2.21 bits per heavy atom. The van der Waals surface area contributed by atoms with Gasteiger partial charge in [0, 0.05) is 7.05 Å². The van der Waals surface area contributed by atoms with Crippen LogP contribution in [0.5, 0.6) is 0 Å². The molecule has 0 unspecified atom stereocenters. The summed E-state index contributed by atoms with van der Waals surface area (Å²) < 4.78 is 7.81. The largest absolute Gasteiger partial charge is 0.378 e. The molecule has 0 amide bonds. The zero-order valence-electron chi connectivity index (χ0n) is 12.5. The Labute approximate surface area is 115 Å². The molecule has 1 aromatic rings. The number of ether oxygens (including phenoxy) is 1. The molecule has 3 atom stereocenters. The molecule has 0 radical (unpaired) electrons. The highest BCUT2D eigenvalue weighted by Gasteiger charge is 2.60. The summed E-state index contributed by atoms with van der Waals surface area (Å²) in [5.41, 5.74) is 3.04. The minimum Gasteiger partial charge on any atom is -0.378 e. The fourth-order valence-corrected chi connectivity index (χ4v) is 3.87. The number of fused-ring (bicyclic) bond motifs is 2. The zero-order valence-corrected chi connectivity index (χ0v) is 12.5. The monoisotopic (exact) mass is 263 g/mol. The first-order valence-electron chi connectivity index (χ1n) is 7.51. The minimum absolute atomic E-state index is 0.346. The Bertz CT molecular complexity index is 468. The standard InChI is InChI=1S/C15H25N3O/c1-10(2)19-9-12-11-5-6-14-13(16-17-18(14)4)7-8-15(11,12)3/h10-12H,5-9H2,1-4H3/t11-,12+,15-/m0/s1. The van der Waals surface area contributed by atoms with Gasteiger partial charge >= 0.3 is 0 Å². The molecule has 4 nitrogen and oxygen atoms in total. The molecule has 3 rings (SSSR count). The summed E-state index contributed by atoms with van der Waals surface area (Å²) in [6, 6.07) is 0. The molecule has 106 valence electrons. The van der Waals surface area contributed by atoms with E-state index in [1.807, 2.05) is 11.7 Å². The van der Waals surface area contributed by atoms with Crippen LogP contribution in [-0.4, -0.2) is 27.7 Å². The first kappa shape index (κ1) is 13.1. The van der Waals surface area contributed by atoms with Crippen molar-refractivity contribution in [3.05, 3.63) is 11.4 Å². The SMILES string of the molecule is CC(C)OC[C@@H]1[C@@H]2CCc3c(nnn3C)CC[C@]12C. The molecular formula is C15H25N3O. The van der Waals surface area contributed by atoms with Gasteiger partial charge in [0.05, 0.1) is 24.1 Å². The van der Waals surface area contributed by atoms with E-state index in [4.69, 9.17) is 4.74 Å². The number of rotatable bonds is 3. The van der Waals surface area contributed by atoms with Gasteiger partial charge in [0.2, 0.25) is 0 Å². The van der Waals surface area contributed by atoms with Gasteiger partial charge < -0.3 is 4.74 Å². The lowest BCUT2D eigenvalue weighted by Gasteiger charge is -2.15. The van der Waals surface area contributed by atoms with E-state index in [0.717, 1.165) is 31.3 Å². The van der Waals surface area contributed by atoms with Gasteiger partial charge in [-0.3, -0.25) is 4.68 Å². The maximum Gasteiger partial charge on any atom is 0.0859 e. The van der Waals surface area contributed by atoms with Crippen LogP contribution < -0.4 is 0 Å². The van der Waals surface area contributed by atoms with E-state index in [9.17, 15) is 0 Å². The average Bonchev–Trinajstić information content (AvgIpc) is 2.71. The lowest BCUT2D eigenvalue weighted by atomic mass is 9.92. The third kappa shape index (κ3) is 2.20. The molecule has 1 aromatic heterocycles. The normalized spacial score (nSPS) is 33.5. The van der Waals surface area contributed by atoms with Gasteiger partial charge in [-0.05, 0) is 56.8 Å². The summed E-state index contributed by atoms with van der Waals surface area (Å²) in [5, 5.41) is 8.49. The molecule has 0 aromatic carbocycles. The lowest BCUT2D eigenvalue weighted by Crippen LogP contribution is -2.11. The van der Waals surface area contributed by atoms with Crippen molar-refractivity contribution in [1.82, 2.24) is 15.0 Å². The van der Waals surface area contributed by atoms with Crippen LogP contribution in [0.2, 0.25) is 0 Å². The molecule has 1 saturated carbocycles. The second kappa shape index (κ2) is 4.58. The van der Waals surface area contributed by atoms with Crippen molar-refractivity contribution < 1.29 is 4.74 Å². The van der Waals surface area contributed by atoms with Gasteiger partial charge in [-0.15, -0.1) is 5.10 Å². The van der Waals surface area contributed by atoms with E-state index in [0.29, 0.717) is 11.5 Å². The van der Waals surface area contributed by atoms with Gasteiger partial charge in [0.1, 0.15) is 0 Å². The highest BCUT2D eigenvalue weighted by atomic mass is 16.5. The van der Waals surface area contributed by atoms with Crippen LogP contribution in [0.4, 0.5) is 0 Å². The van der Waals surface area contributed by atoms with Crippen LogP contribution in [0.15, 0.2) is 0 Å². The van der Waals surface area contributed by atoms with Crippen molar-refractivity contribution in [3.63, 3.8) is 0 Å². The molecule has 4 heteroatoms. The smallest absolute Gasteiger partial charge is 0.0859 e. The summed E-state index contributed by atoms with van der Waals surface area (Å²) in [6.45, 7) is 7.62. The highest BCUT2D eigenvalue weighted by molar-refractivity contribution is 5.18. The van der Waals surface area contributed by atoms with Gasteiger partial charge in [-0.2, -0.15) is 0 Å². The van der Waals surface area contributed by atoms with Gasteiger partial charge in [0.15, 0.2) is 0 Å².